The highest BCUT2D eigenvalue weighted by atomic mass is 16.5. The molecule has 0 radical (unpaired) electrons. The molecule has 0 aromatic heterocycles. The summed E-state index contributed by atoms with van der Waals surface area (Å²) in [5.74, 6) is -0.0790. The molecule has 1 N–H and O–H groups in total. The van der Waals surface area contributed by atoms with Crippen molar-refractivity contribution in [3.63, 3.8) is 0 Å². The Morgan fingerprint density at radius 2 is 2.15 bits per heavy atom. The number of ketones is 1. The van der Waals surface area contributed by atoms with E-state index in [-0.39, 0.29) is 18.6 Å². The van der Waals surface area contributed by atoms with Crippen molar-refractivity contribution in [1.29, 1.82) is 0 Å². The molecule has 5 nitrogen and oxygen atoms in total. The van der Waals surface area contributed by atoms with Crippen LogP contribution in [0.15, 0.2) is 18.2 Å². The molecule has 0 spiro atoms. The van der Waals surface area contributed by atoms with Crippen LogP contribution in [-0.4, -0.2) is 36.6 Å². The summed E-state index contributed by atoms with van der Waals surface area (Å²) in [7, 11) is 0. The van der Waals surface area contributed by atoms with Crippen LogP contribution in [-0.2, 0) is 4.79 Å². The number of hydrogen-bond acceptors (Lipinski definition) is 4. The highest BCUT2D eigenvalue weighted by Gasteiger charge is 2.18. The molecule has 0 saturated heterocycles. The molecule has 0 amide bonds. The molecule has 1 aromatic carbocycles. The minimum Gasteiger partial charge on any atom is -0.490 e. The van der Waals surface area contributed by atoms with Crippen LogP contribution in [0.2, 0.25) is 0 Å². The van der Waals surface area contributed by atoms with Crippen molar-refractivity contribution in [3.8, 4) is 5.75 Å². The zero-order valence-electron chi connectivity index (χ0n) is 11.6. The van der Waals surface area contributed by atoms with Crippen LogP contribution >= 0.6 is 0 Å². The number of nitrogens with zero attached hydrogens (tertiary/aromatic N) is 1. The van der Waals surface area contributed by atoms with Crippen LogP contribution in [0, 0.1) is 0 Å². The fourth-order valence-corrected chi connectivity index (χ4v) is 2.32. The SMILES string of the molecule is CCN1CCOc2ccc(C(=O)CCCC(=O)O)cc21. The topological polar surface area (TPSA) is 66.8 Å². The Morgan fingerprint density at radius 1 is 1.35 bits per heavy atom. The van der Waals surface area contributed by atoms with Gasteiger partial charge in [-0.2, -0.15) is 0 Å². The number of likely N-dealkylation sites (N-methyl/N-ethyl adjacent to an activating group) is 1. The largest absolute Gasteiger partial charge is 0.490 e. The number of benzene rings is 1. The number of rotatable bonds is 6. The maximum absolute atomic E-state index is 12.1. The third-order valence-electron chi connectivity index (χ3n) is 3.42. The normalized spacial score (nSPS) is 13.6. The monoisotopic (exact) mass is 277 g/mol. The lowest BCUT2D eigenvalue weighted by Crippen LogP contribution is -2.32. The molecule has 108 valence electrons. The number of aliphatic carboxylic acids is 1. The lowest BCUT2D eigenvalue weighted by molar-refractivity contribution is -0.137. The van der Waals surface area contributed by atoms with E-state index in [4.69, 9.17) is 9.84 Å². The zero-order valence-corrected chi connectivity index (χ0v) is 11.6. The first-order valence-electron chi connectivity index (χ1n) is 6.88. The summed E-state index contributed by atoms with van der Waals surface area (Å²) in [6.45, 7) is 4.41. The van der Waals surface area contributed by atoms with Gasteiger partial charge in [-0.05, 0) is 31.5 Å². The van der Waals surface area contributed by atoms with Crippen LogP contribution in [0.1, 0.15) is 36.5 Å². The number of fused-ring (bicyclic) bond motifs is 1. The molecule has 20 heavy (non-hydrogen) atoms. The molecule has 2 rings (SSSR count). The molecular weight excluding hydrogens is 258 g/mol. The quantitative estimate of drug-likeness (QED) is 0.808. The van der Waals surface area contributed by atoms with E-state index in [1.807, 2.05) is 12.1 Å². The summed E-state index contributed by atoms with van der Waals surface area (Å²) in [4.78, 5) is 24.7. The zero-order chi connectivity index (χ0) is 14.5. The van der Waals surface area contributed by atoms with E-state index in [0.29, 0.717) is 18.6 Å². The summed E-state index contributed by atoms with van der Waals surface area (Å²) in [5, 5.41) is 8.59. The van der Waals surface area contributed by atoms with Gasteiger partial charge in [0.15, 0.2) is 5.78 Å². The van der Waals surface area contributed by atoms with E-state index in [0.717, 1.165) is 24.5 Å². The maximum atomic E-state index is 12.1. The number of carboxylic acid groups (broad SMARTS) is 1. The van der Waals surface area contributed by atoms with Crippen molar-refractivity contribution in [3.05, 3.63) is 23.8 Å². The Hall–Kier alpha value is -2.04. The van der Waals surface area contributed by atoms with E-state index in [2.05, 4.69) is 11.8 Å². The van der Waals surface area contributed by atoms with Gasteiger partial charge in [0, 0.05) is 24.9 Å². The van der Waals surface area contributed by atoms with Gasteiger partial charge in [-0.25, -0.2) is 0 Å². The third kappa shape index (κ3) is 3.29. The predicted molar refractivity (Wildman–Crippen MR) is 75.6 cm³/mol. The van der Waals surface area contributed by atoms with Gasteiger partial charge in [0.05, 0.1) is 12.2 Å². The standard InChI is InChI=1S/C15H19NO4/c1-2-16-8-9-20-14-7-6-11(10-12(14)16)13(17)4-3-5-15(18)19/h6-7,10H,2-5,8-9H2,1H3,(H,18,19). The second-order valence-corrected chi connectivity index (χ2v) is 4.78. The Kier molecular flexibility index (Phi) is 4.61. The second-order valence-electron chi connectivity index (χ2n) is 4.78. The molecule has 1 heterocycles. The second kappa shape index (κ2) is 6.41. The Labute approximate surface area is 118 Å². The molecular formula is C15H19NO4. The Bertz CT molecular complexity index is 513. The molecule has 1 aliphatic rings. The summed E-state index contributed by atoms with van der Waals surface area (Å²) in [5.41, 5.74) is 1.57. The van der Waals surface area contributed by atoms with E-state index in [1.54, 1.807) is 6.07 Å². The van der Waals surface area contributed by atoms with Crippen molar-refractivity contribution in [1.82, 2.24) is 0 Å². The molecule has 0 saturated carbocycles. The molecule has 0 atom stereocenters. The first-order chi connectivity index (χ1) is 9.61. The first-order valence-corrected chi connectivity index (χ1v) is 6.88. The average Bonchev–Trinajstić information content (AvgIpc) is 2.45. The van der Waals surface area contributed by atoms with E-state index in [1.165, 1.54) is 0 Å². The van der Waals surface area contributed by atoms with Crippen molar-refractivity contribution >= 4 is 17.4 Å². The minimum absolute atomic E-state index is 0.0179. The molecule has 1 aromatic rings. The number of carbonyl (C=O) groups is 2. The number of carboxylic acids is 1. The number of ether oxygens (including phenoxy) is 1. The van der Waals surface area contributed by atoms with Gasteiger partial charge in [-0.15, -0.1) is 0 Å². The number of carbonyl (C=O) groups excluding carboxylic acids is 1. The first kappa shape index (κ1) is 14.4. The van der Waals surface area contributed by atoms with Gasteiger partial charge >= 0.3 is 5.97 Å². The van der Waals surface area contributed by atoms with Gasteiger partial charge < -0.3 is 14.7 Å². The molecule has 0 fully saturated rings. The van der Waals surface area contributed by atoms with Crippen LogP contribution in [0.5, 0.6) is 5.75 Å². The lowest BCUT2D eigenvalue weighted by Gasteiger charge is -2.30. The molecule has 5 heteroatoms. The minimum atomic E-state index is -0.867. The number of anilines is 1. The summed E-state index contributed by atoms with van der Waals surface area (Å²) >= 11 is 0. The number of hydrogen-bond donors (Lipinski definition) is 1. The molecule has 0 aliphatic carbocycles. The van der Waals surface area contributed by atoms with Crippen molar-refractivity contribution in [2.75, 3.05) is 24.6 Å². The van der Waals surface area contributed by atoms with E-state index in [9.17, 15) is 9.59 Å². The van der Waals surface area contributed by atoms with Crippen LogP contribution in [0.3, 0.4) is 0 Å². The third-order valence-corrected chi connectivity index (χ3v) is 3.42. The van der Waals surface area contributed by atoms with Gasteiger partial charge in [0.2, 0.25) is 0 Å². The van der Waals surface area contributed by atoms with Crippen molar-refractivity contribution in [2.24, 2.45) is 0 Å². The smallest absolute Gasteiger partial charge is 0.303 e. The molecule has 0 bridgehead atoms. The molecule has 1 aliphatic heterocycles. The van der Waals surface area contributed by atoms with Crippen LogP contribution in [0.25, 0.3) is 0 Å². The maximum Gasteiger partial charge on any atom is 0.303 e. The van der Waals surface area contributed by atoms with Gasteiger partial charge in [0.1, 0.15) is 12.4 Å². The van der Waals surface area contributed by atoms with Crippen LogP contribution in [0.4, 0.5) is 5.69 Å². The highest BCUT2D eigenvalue weighted by Crippen LogP contribution is 2.32. The Balaban J connectivity index is 2.09. The fraction of sp³-hybridized carbons (Fsp3) is 0.467. The Morgan fingerprint density at radius 3 is 2.85 bits per heavy atom. The summed E-state index contributed by atoms with van der Waals surface area (Å²) in [6, 6.07) is 5.42. The fourth-order valence-electron chi connectivity index (χ4n) is 2.32. The highest BCUT2D eigenvalue weighted by molar-refractivity contribution is 5.97. The van der Waals surface area contributed by atoms with Crippen molar-refractivity contribution in [2.45, 2.75) is 26.2 Å². The lowest BCUT2D eigenvalue weighted by atomic mass is 10.0. The van der Waals surface area contributed by atoms with E-state index < -0.39 is 5.97 Å². The number of Topliss-reactive ketones (excluding diaryl/α,β-unsaturated/α-hetero) is 1. The van der Waals surface area contributed by atoms with Gasteiger partial charge in [0.25, 0.3) is 0 Å². The molecule has 0 unspecified atom stereocenters. The summed E-state index contributed by atoms with van der Waals surface area (Å²) in [6.07, 6.45) is 0.665. The van der Waals surface area contributed by atoms with Gasteiger partial charge in [-0.1, -0.05) is 0 Å². The average molecular weight is 277 g/mol. The predicted octanol–water partition coefficient (Wildman–Crippen LogP) is 2.34. The summed E-state index contributed by atoms with van der Waals surface area (Å²) < 4.78 is 5.57. The van der Waals surface area contributed by atoms with Gasteiger partial charge in [-0.3, -0.25) is 9.59 Å². The van der Waals surface area contributed by atoms with E-state index >= 15 is 0 Å². The van der Waals surface area contributed by atoms with Crippen molar-refractivity contribution < 1.29 is 19.4 Å². The van der Waals surface area contributed by atoms with Crippen LogP contribution < -0.4 is 9.64 Å².